The summed E-state index contributed by atoms with van der Waals surface area (Å²) >= 11 is 5.72. The fourth-order valence-corrected chi connectivity index (χ4v) is 4.27. The van der Waals surface area contributed by atoms with Crippen molar-refractivity contribution in [1.82, 2.24) is 15.0 Å². The van der Waals surface area contributed by atoms with Crippen LogP contribution in [0.4, 0.5) is 4.39 Å². The summed E-state index contributed by atoms with van der Waals surface area (Å²) in [6, 6.07) is 14.0. The molecule has 0 spiro atoms. The maximum atomic E-state index is 14.0. The maximum absolute atomic E-state index is 14.0. The maximum Gasteiger partial charge on any atom is 0.182 e. The van der Waals surface area contributed by atoms with E-state index in [0.29, 0.717) is 22.6 Å². The Hall–Kier alpha value is -2.77. The van der Waals surface area contributed by atoms with Gasteiger partial charge in [-0.05, 0) is 42.5 Å². The van der Waals surface area contributed by atoms with Gasteiger partial charge in [0.05, 0.1) is 21.7 Å². The predicted octanol–water partition coefficient (Wildman–Crippen LogP) is 4.39. The number of pyridine rings is 1. The molecule has 0 aliphatic rings. The molecule has 0 fully saturated rings. The van der Waals surface area contributed by atoms with E-state index in [2.05, 4.69) is 15.0 Å². The van der Waals surface area contributed by atoms with Gasteiger partial charge in [-0.25, -0.2) is 17.8 Å². The Labute approximate surface area is 159 Å². The second-order valence-corrected chi connectivity index (χ2v) is 8.40. The summed E-state index contributed by atoms with van der Waals surface area (Å²) in [6.45, 7) is 0. The molecular formula is C19H13ClFN3O2S. The summed E-state index contributed by atoms with van der Waals surface area (Å²) in [5, 5.41) is 0.217. The Balaban J connectivity index is 1.70. The van der Waals surface area contributed by atoms with Gasteiger partial charge >= 0.3 is 0 Å². The van der Waals surface area contributed by atoms with Gasteiger partial charge in [0.15, 0.2) is 15.7 Å². The van der Waals surface area contributed by atoms with Gasteiger partial charge in [-0.15, -0.1) is 0 Å². The highest BCUT2D eigenvalue weighted by Crippen LogP contribution is 2.25. The Morgan fingerprint density at radius 3 is 2.67 bits per heavy atom. The zero-order chi connectivity index (χ0) is 19.0. The third-order valence-electron chi connectivity index (χ3n) is 4.08. The largest absolute Gasteiger partial charge is 0.337 e. The number of halogens is 2. The molecule has 4 aromatic rings. The first kappa shape index (κ1) is 17.6. The number of aromatic amines is 1. The highest BCUT2D eigenvalue weighted by molar-refractivity contribution is 7.90. The number of fused-ring (bicyclic) bond motifs is 1. The van der Waals surface area contributed by atoms with Crippen molar-refractivity contribution in [3.63, 3.8) is 0 Å². The molecule has 2 heterocycles. The lowest BCUT2D eigenvalue weighted by Crippen LogP contribution is -2.06. The molecule has 0 aliphatic heterocycles. The van der Waals surface area contributed by atoms with Gasteiger partial charge in [0.25, 0.3) is 0 Å². The third kappa shape index (κ3) is 3.56. The number of nitrogens with one attached hydrogen (secondary N) is 1. The topological polar surface area (TPSA) is 75.7 Å². The zero-order valence-corrected chi connectivity index (χ0v) is 15.4. The highest BCUT2D eigenvalue weighted by atomic mass is 35.5. The number of benzene rings is 2. The summed E-state index contributed by atoms with van der Waals surface area (Å²) in [5.41, 5.74) is 1.90. The number of imidazole rings is 1. The summed E-state index contributed by atoms with van der Waals surface area (Å²) in [4.78, 5) is 11.8. The van der Waals surface area contributed by atoms with E-state index in [0.717, 1.165) is 6.07 Å². The molecule has 0 unspecified atom stereocenters. The first-order chi connectivity index (χ1) is 12.9. The van der Waals surface area contributed by atoms with Crippen molar-refractivity contribution in [3.05, 3.63) is 77.2 Å². The third-order valence-corrected chi connectivity index (χ3v) is 5.98. The summed E-state index contributed by atoms with van der Waals surface area (Å²) in [7, 11) is -3.74. The van der Waals surface area contributed by atoms with Crippen LogP contribution in [-0.4, -0.2) is 23.4 Å². The Bertz CT molecular complexity index is 1240. The van der Waals surface area contributed by atoms with E-state index >= 15 is 0 Å². The molecule has 0 amide bonds. The number of H-pyrrole nitrogens is 1. The molecule has 27 heavy (non-hydrogen) atoms. The van der Waals surface area contributed by atoms with Gasteiger partial charge in [-0.1, -0.05) is 23.7 Å². The minimum Gasteiger partial charge on any atom is -0.337 e. The molecule has 1 N–H and O–H groups in total. The second-order valence-electron chi connectivity index (χ2n) is 5.97. The van der Waals surface area contributed by atoms with Gasteiger partial charge in [0.1, 0.15) is 11.5 Å². The quantitative estimate of drug-likeness (QED) is 0.550. The summed E-state index contributed by atoms with van der Waals surface area (Å²) in [6.07, 6.45) is 1.65. The fourth-order valence-electron chi connectivity index (χ4n) is 2.73. The molecule has 0 bridgehead atoms. The molecule has 8 heteroatoms. The van der Waals surface area contributed by atoms with Crippen LogP contribution in [0.5, 0.6) is 0 Å². The SMILES string of the molecule is O=S(=O)(Cc1ccc(Cl)cc1F)c1ccc2nc(-c3ccccn3)[nH]c2c1. The van der Waals surface area contributed by atoms with Crippen LogP contribution in [0.25, 0.3) is 22.6 Å². The van der Waals surface area contributed by atoms with Crippen LogP contribution in [0.15, 0.2) is 65.7 Å². The zero-order valence-electron chi connectivity index (χ0n) is 13.9. The van der Waals surface area contributed by atoms with Crippen LogP contribution in [-0.2, 0) is 15.6 Å². The number of sulfone groups is 1. The standard InChI is InChI=1S/C19H13ClFN3O2S/c20-13-5-4-12(15(21)9-13)11-27(25,26)14-6-7-16-18(10-14)24-19(23-16)17-3-1-2-8-22-17/h1-10H,11H2,(H,23,24). The molecule has 2 aromatic carbocycles. The van der Waals surface area contributed by atoms with Crippen molar-refractivity contribution in [3.8, 4) is 11.5 Å². The second kappa shape index (κ2) is 6.75. The van der Waals surface area contributed by atoms with Crippen LogP contribution in [0.3, 0.4) is 0 Å². The first-order valence-electron chi connectivity index (χ1n) is 8.00. The molecule has 0 atom stereocenters. The normalized spacial score (nSPS) is 11.8. The van der Waals surface area contributed by atoms with Crippen LogP contribution in [0, 0.1) is 5.82 Å². The van der Waals surface area contributed by atoms with Gasteiger partial charge in [0, 0.05) is 16.8 Å². The molecule has 2 aromatic heterocycles. The monoisotopic (exact) mass is 401 g/mol. The van der Waals surface area contributed by atoms with Crippen molar-refractivity contribution < 1.29 is 12.8 Å². The number of aromatic nitrogens is 3. The van der Waals surface area contributed by atoms with E-state index in [-0.39, 0.29) is 15.5 Å². The Kier molecular flexibility index (Phi) is 4.41. The molecule has 4 rings (SSSR count). The lowest BCUT2D eigenvalue weighted by atomic mass is 10.2. The van der Waals surface area contributed by atoms with Gasteiger partial charge in [-0.3, -0.25) is 4.98 Å². The van der Waals surface area contributed by atoms with Gasteiger partial charge in [-0.2, -0.15) is 0 Å². The number of nitrogens with zero attached hydrogens (tertiary/aromatic N) is 2. The van der Waals surface area contributed by atoms with Crippen LogP contribution in [0.2, 0.25) is 5.02 Å². The van der Waals surface area contributed by atoms with E-state index in [1.807, 2.05) is 6.07 Å². The van der Waals surface area contributed by atoms with E-state index in [1.165, 1.54) is 24.3 Å². The van der Waals surface area contributed by atoms with Crippen molar-refractivity contribution in [2.75, 3.05) is 0 Å². The Morgan fingerprint density at radius 1 is 1.07 bits per heavy atom. The van der Waals surface area contributed by atoms with Crippen LogP contribution >= 0.6 is 11.6 Å². The van der Waals surface area contributed by atoms with E-state index in [1.54, 1.807) is 24.4 Å². The van der Waals surface area contributed by atoms with Crippen LogP contribution < -0.4 is 0 Å². The minimum absolute atomic E-state index is 0.0679. The van der Waals surface area contributed by atoms with Crippen LogP contribution in [0.1, 0.15) is 5.56 Å². The summed E-state index contributed by atoms with van der Waals surface area (Å²) in [5.74, 6) is -0.557. The lowest BCUT2D eigenvalue weighted by molar-refractivity contribution is 0.587. The van der Waals surface area contributed by atoms with Crippen molar-refractivity contribution >= 4 is 32.5 Å². The van der Waals surface area contributed by atoms with Gasteiger partial charge < -0.3 is 4.98 Å². The van der Waals surface area contributed by atoms with E-state index < -0.39 is 21.4 Å². The number of rotatable bonds is 4. The van der Waals surface area contributed by atoms with Crippen molar-refractivity contribution in [2.24, 2.45) is 0 Å². The fraction of sp³-hybridized carbons (Fsp3) is 0.0526. The average Bonchev–Trinajstić information content (AvgIpc) is 3.08. The van der Waals surface area contributed by atoms with Gasteiger partial charge in [0.2, 0.25) is 0 Å². The smallest absolute Gasteiger partial charge is 0.182 e. The first-order valence-corrected chi connectivity index (χ1v) is 10.0. The molecule has 0 radical (unpaired) electrons. The molecule has 0 aliphatic carbocycles. The Morgan fingerprint density at radius 2 is 1.93 bits per heavy atom. The highest BCUT2D eigenvalue weighted by Gasteiger charge is 2.19. The van der Waals surface area contributed by atoms with Crippen molar-refractivity contribution in [1.29, 1.82) is 0 Å². The van der Waals surface area contributed by atoms with Crippen molar-refractivity contribution in [2.45, 2.75) is 10.6 Å². The number of hydrogen-bond acceptors (Lipinski definition) is 4. The molecular weight excluding hydrogens is 389 g/mol. The minimum atomic E-state index is -3.74. The molecule has 0 saturated carbocycles. The molecule has 0 saturated heterocycles. The lowest BCUT2D eigenvalue weighted by Gasteiger charge is -2.06. The van der Waals surface area contributed by atoms with E-state index in [4.69, 9.17) is 11.6 Å². The summed E-state index contributed by atoms with van der Waals surface area (Å²) < 4.78 is 39.4. The predicted molar refractivity (Wildman–Crippen MR) is 102 cm³/mol. The molecule has 136 valence electrons. The molecule has 5 nitrogen and oxygen atoms in total. The number of hydrogen-bond donors (Lipinski definition) is 1. The average molecular weight is 402 g/mol. The van der Waals surface area contributed by atoms with E-state index in [9.17, 15) is 12.8 Å².